The number of ether oxygens (including phenoxy) is 1. The van der Waals surface area contributed by atoms with Crippen molar-refractivity contribution in [3.05, 3.63) is 35.9 Å². The maximum atomic E-state index is 12.7. The highest BCUT2D eigenvalue weighted by Crippen LogP contribution is 2.09. The van der Waals surface area contributed by atoms with Gasteiger partial charge in [-0.2, -0.15) is 0 Å². The number of hydrogen-bond donors (Lipinski definition) is 0. The molecule has 0 saturated carbocycles. The zero-order valence-electron chi connectivity index (χ0n) is 16.9. The fourth-order valence-electron chi connectivity index (χ4n) is 3.34. The first kappa shape index (κ1) is 21.4. The summed E-state index contributed by atoms with van der Waals surface area (Å²) in [5.41, 5.74) is 1.06. The second-order valence-electron chi connectivity index (χ2n) is 6.96. The van der Waals surface area contributed by atoms with Crippen LogP contribution < -0.4 is 0 Å². The van der Waals surface area contributed by atoms with E-state index in [1.54, 1.807) is 0 Å². The molecule has 6 heteroatoms. The maximum Gasteiger partial charge on any atom is 0.251 e. The first-order valence-electron chi connectivity index (χ1n) is 9.99. The lowest BCUT2D eigenvalue weighted by Gasteiger charge is -2.26. The molecule has 0 aromatic heterocycles. The summed E-state index contributed by atoms with van der Waals surface area (Å²) < 4.78 is 5.77. The molecule has 1 aliphatic heterocycles. The predicted molar refractivity (Wildman–Crippen MR) is 106 cm³/mol. The van der Waals surface area contributed by atoms with Crippen molar-refractivity contribution in [3.63, 3.8) is 0 Å². The molecule has 6 nitrogen and oxygen atoms in total. The van der Waals surface area contributed by atoms with Crippen LogP contribution in [0.25, 0.3) is 0 Å². The molecule has 150 valence electrons. The van der Waals surface area contributed by atoms with Crippen molar-refractivity contribution in [2.24, 2.45) is 0 Å². The number of amides is 2. The van der Waals surface area contributed by atoms with Gasteiger partial charge in [0.1, 0.15) is 6.10 Å². The Morgan fingerprint density at radius 3 is 2.44 bits per heavy atom. The van der Waals surface area contributed by atoms with Crippen LogP contribution in [-0.2, 0) is 20.9 Å². The normalized spacial score (nSPS) is 16.6. The van der Waals surface area contributed by atoms with Gasteiger partial charge in [0.05, 0.1) is 13.2 Å². The number of hydrogen-bond acceptors (Lipinski definition) is 4. The lowest BCUT2D eigenvalue weighted by Crippen LogP contribution is -2.43. The van der Waals surface area contributed by atoms with E-state index < -0.39 is 6.10 Å². The molecule has 0 N–H and O–H groups in total. The third-order valence-electron chi connectivity index (χ3n) is 5.07. The molecule has 1 saturated heterocycles. The standard InChI is InChI=1S/C21H33N3O3/c1-4-23(5-2)20(25)16-22-12-9-13-24(15-14-22)21(26)18(3)27-17-19-10-7-6-8-11-19/h6-8,10-11,18H,4-5,9,12-17H2,1-3H3. The zero-order valence-corrected chi connectivity index (χ0v) is 16.9. The van der Waals surface area contributed by atoms with Gasteiger partial charge in [0, 0.05) is 39.3 Å². The van der Waals surface area contributed by atoms with Crippen LogP contribution in [0.15, 0.2) is 30.3 Å². The fourth-order valence-corrected chi connectivity index (χ4v) is 3.34. The van der Waals surface area contributed by atoms with Gasteiger partial charge >= 0.3 is 0 Å². The van der Waals surface area contributed by atoms with Crippen molar-refractivity contribution in [1.29, 1.82) is 0 Å². The van der Waals surface area contributed by atoms with Gasteiger partial charge in [0.2, 0.25) is 5.91 Å². The third kappa shape index (κ3) is 6.63. The summed E-state index contributed by atoms with van der Waals surface area (Å²) in [6.07, 6.45) is 0.414. The highest BCUT2D eigenvalue weighted by atomic mass is 16.5. The molecule has 0 radical (unpaired) electrons. The molecule has 1 heterocycles. The Morgan fingerprint density at radius 1 is 1.07 bits per heavy atom. The number of carbonyl (C=O) groups is 2. The zero-order chi connectivity index (χ0) is 19.6. The van der Waals surface area contributed by atoms with E-state index in [9.17, 15) is 9.59 Å². The fraction of sp³-hybridized carbons (Fsp3) is 0.619. The summed E-state index contributed by atoms with van der Waals surface area (Å²) >= 11 is 0. The van der Waals surface area contributed by atoms with Crippen molar-refractivity contribution >= 4 is 11.8 Å². The average Bonchev–Trinajstić information content (AvgIpc) is 2.93. The van der Waals surface area contributed by atoms with Crippen molar-refractivity contribution in [2.45, 2.75) is 39.9 Å². The summed E-state index contributed by atoms with van der Waals surface area (Å²) in [6, 6.07) is 9.88. The molecule has 2 amide bonds. The van der Waals surface area contributed by atoms with Gasteiger partial charge in [0.15, 0.2) is 0 Å². The summed E-state index contributed by atoms with van der Waals surface area (Å²) in [5.74, 6) is 0.196. The molecular formula is C21H33N3O3. The van der Waals surface area contributed by atoms with Crippen LogP contribution in [0.4, 0.5) is 0 Å². The quantitative estimate of drug-likeness (QED) is 0.697. The first-order chi connectivity index (χ1) is 13.0. The van der Waals surface area contributed by atoms with Crippen molar-refractivity contribution in [2.75, 3.05) is 45.8 Å². The van der Waals surface area contributed by atoms with E-state index in [1.807, 2.05) is 60.9 Å². The molecule has 1 unspecified atom stereocenters. The second kappa shape index (κ2) is 11.0. The number of carbonyl (C=O) groups excluding carboxylic acids is 2. The van der Waals surface area contributed by atoms with Crippen LogP contribution in [-0.4, -0.2) is 78.4 Å². The maximum absolute atomic E-state index is 12.7. The van der Waals surface area contributed by atoms with Crippen LogP contribution in [0.5, 0.6) is 0 Å². The predicted octanol–water partition coefficient (Wildman–Crippen LogP) is 1.99. The summed E-state index contributed by atoms with van der Waals surface area (Å²) in [6.45, 7) is 11.1. The monoisotopic (exact) mass is 375 g/mol. The van der Waals surface area contributed by atoms with Crippen LogP contribution in [0.2, 0.25) is 0 Å². The highest BCUT2D eigenvalue weighted by Gasteiger charge is 2.25. The number of likely N-dealkylation sites (N-methyl/N-ethyl adjacent to an activating group) is 1. The molecule has 1 aromatic carbocycles. The highest BCUT2D eigenvalue weighted by molar-refractivity contribution is 5.80. The molecule has 1 fully saturated rings. The Morgan fingerprint density at radius 2 is 1.78 bits per heavy atom. The van der Waals surface area contributed by atoms with E-state index >= 15 is 0 Å². The van der Waals surface area contributed by atoms with Gasteiger partial charge in [-0.15, -0.1) is 0 Å². The minimum absolute atomic E-state index is 0.0304. The van der Waals surface area contributed by atoms with Gasteiger partial charge in [-0.1, -0.05) is 30.3 Å². The summed E-state index contributed by atoms with van der Waals surface area (Å²) in [5, 5.41) is 0. The van der Waals surface area contributed by atoms with Gasteiger partial charge in [-0.25, -0.2) is 0 Å². The Labute approximate surface area is 163 Å². The smallest absolute Gasteiger partial charge is 0.251 e. The summed E-state index contributed by atoms with van der Waals surface area (Å²) in [4.78, 5) is 30.9. The van der Waals surface area contributed by atoms with E-state index in [4.69, 9.17) is 4.74 Å². The van der Waals surface area contributed by atoms with E-state index in [-0.39, 0.29) is 11.8 Å². The SMILES string of the molecule is CCN(CC)C(=O)CN1CCCN(C(=O)C(C)OCc2ccccc2)CC1. The minimum atomic E-state index is -0.464. The number of benzene rings is 1. The molecule has 0 spiro atoms. The van der Waals surface area contributed by atoms with Crippen LogP contribution >= 0.6 is 0 Å². The molecule has 0 bridgehead atoms. The van der Waals surface area contributed by atoms with Gasteiger partial charge < -0.3 is 14.5 Å². The Bertz CT molecular complexity index is 590. The van der Waals surface area contributed by atoms with E-state index in [1.165, 1.54) is 0 Å². The van der Waals surface area contributed by atoms with Crippen LogP contribution in [0.1, 0.15) is 32.8 Å². The van der Waals surface area contributed by atoms with E-state index in [0.717, 1.165) is 38.2 Å². The van der Waals surface area contributed by atoms with E-state index in [0.29, 0.717) is 26.2 Å². The molecule has 1 aliphatic rings. The molecule has 27 heavy (non-hydrogen) atoms. The first-order valence-corrected chi connectivity index (χ1v) is 9.99. The van der Waals surface area contributed by atoms with Gasteiger partial charge in [-0.3, -0.25) is 14.5 Å². The van der Waals surface area contributed by atoms with E-state index in [2.05, 4.69) is 4.90 Å². The molecule has 1 atom stereocenters. The van der Waals surface area contributed by atoms with Crippen molar-refractivity contribution in [3.8, 4) is 0 Å². The van der Waals surface area contributed by atoms with Crippen LogP contribution in [0.3, 0.4) is 0 Å². The lowest BCUT2D eigenvalue weighted by atomic mass is 10.2. The third-order valence-corrected chi connectivity index (χ3v) is 5.07. The second-order valence-corrected chi connectivity index (χ2v) is 6.96. The number of rotatable bonds is 8. The van der Waals surface area contributed by atoms with Crippen molar-refractivity contribution < 1.29 is 14.3 Å². The molecule has 0 aliphatic carbocycles. The molecule has 2 rings (SSSR count). The molecule has 1 aromatic rings. The Kier molecular flexibility index (Phi) is 8.75. The number of nitrogens with zero attached hydrogens (tertiary/aromatic N) is 3. The van der Waals surface area contributed by atoms with Gasteiger partial charge in [-0.05, 0) is 32.8 Å². The topological polar surface area (TPSA) is 53.1 Å². The summed E-state index contributed by atoms with van der Waals surface area (Å²) in [7, 11) is 0. The lowest BCUT2D eigenvalue weighted by molar-refractivity contribution is -0.143. The minimum Gasteiger partial charge on any atom is -0.364 e. The van der Waals surface area contributed by atoms with Crippen LogP contribution in [0, 0.1) is 0 Å². The Balaban J connectivity index is 1.80. The molecular weight excluding hydrogens is 342 g/mol. The van der Waals surface area contributed by atoms with Gasteiger partial charge in [0.25, 0.3) is 5.91 Å². The van der Waals surface area contributed by atoms with Crippen molar-refractivity contribution in [1.82, 2.24) is 14.7 Å². The Hall–Kier alpha value is -1.92. The largest absolute Gasteiger partial charge is 0.364 e. The average molecular weight is 376 g/mol.